The van der Waals surface area contributed by atoms with Crippen LogP contribution in [0.5, 0.6) is 5.75 Å². The van der Waals surface area contributed by atoms with Gasteiger partial charge in [0.2, 0.25) is 17.6 Å². The predicted molar refractivity (Wildman–Crippen MR) is 261 cm³/mol. The number of amides is 4. The number of phenolic OH excluding ortho intramolecular Hbond substituents is 1. The van der Waals surface area contributed by atoms with Crippen LogP contribution < -0.4 is 26.6 Å². The third-order valence-corrected chi connectivity index (χ3v) is 17.2. The van der Waals surface area contributed by atoms with E-state index in [1.807, 2.05) is 78.9 Å². The molecular weight excluding hydrogens is 853 g/mol. The number of carbonyl (C=O) groups is 5. The number of rotatable bonds is 20. The van der Waals surface area contributed by atoms with Crippen molar-refractivity contribution in [1.82, 2.24) is 15.5 Å². The van der Waals surface area contributed by atoms with E-state index < -0.39 is 32.2 Å². The number of phenols is 1. The van der Waals surface area contributed by atoms with Crippen molar-refractivity contribution in [1.29, 1.82) is 0 Å². The fourth-order valence-electron chi connectivity index (χ4n) is 7.96. The van der Waals surface area contributed by atoms with E-state index in [0.717, 1.165) is 54.5 Å². The van der Waals surface area contributed by atoms with Gasteiger partial charge in [0.15, 0.2) is 8.32 Å². The van der Waals surface area contributed by atoms with E-state index in [4.69, 9.17) is 9.16 Å². The maximum atomic E-state index is 12.9. The number of piperidine rings is 1. The third kappa shape index (κ3) is 14.1. The smallest absolute Gasteiger partial charge is 0.411 e. The summed E-state index contributed by atoms with van der Waals surface area (Å²) in [4.78, 5) is 65.0. The van der Waals surface area contributed by atoms with Gasteiger partial charge in [-0.05, 0) is 96.9 Å². The Morgan fingerprint density at radius 1 is 0.879 bits per heavy atom. The zero-order valence-corrected chi connectivity index (χ0v) is 40.0. The molecule has 0 radical (unpaired) electrons. The molecule has 14 nitrogen and oxygen atoms in total. The zero-order valence-electron chi connectivity index (χ0n) is 39.0. The van der Waals surface area contributed by atoms with Crippen molar-refractivity contribution in [3.63, 3.8) is 0 Å². The molecule has 4 aromatic rings. The fourth-order valence-corrected chi connectivity index (χ4v) is 9.23. The summed E-state index contributed by atoms with van der Waals surface area (Å²) in [6.45, 7) is 14.3. The largest absolute Gasteiger partial charge is 0.506 e. The lowest BCUT2D eigenvalue weighted by atomic mass is 9.93. The SMILES string of the molecule is CC(C)(C)[Si](C)(C)O[C@@H](CNCc1ccc(NC(=O)CCCCCNC(=O)CCN2CCCC(OC(=O)Nc3ccccc3-c3ccccc3)C2)cc1)c1ccc(O)c2c1CC(=O)C(=O)N2. The third-order valence-electron chi connectivity index (χ3n) is 12.7. The highest BCUT2D eigenvalue weighted by molar-refractivity contribution is 6.74. The molecule has 2 aliphatic heterocycles. The quantitative estimate of drug-likeness (QED) is 0.0217. The normalized spacial score (nSPS) is 15.9. The van der Waals surface area contributed by atoms with Gasteiger partial charge >= 0.3 is 6.09 Å². The van der Waals surface area contributed by atoms with Crippen LogP contribution in [0.2, 0.25) is 18.1 Å². The van der Waals surface area contributed by atoms with Gasteiger partial charge in [-0.1, -0.05) is 93.9 Å². The Labute approximate surface area is 389 Å². The minimum Gasteiger partial charge on any atom is -0.506 e. The molecule has 1 fully saturated rings. The number of nitrogens with one attached hydrogen (secondary N) is 5. The minimum absolute atomic E-state index is 0.0196. The summed E-state index contributed by atoms with van der Waals surface area (Å²) < 4.78 is 12.7. The standard InChI is InChI=1S/C51H66N6O8Si/c1-51(2,3)66(4,5)65-45(40-25-26-43(58)48-41(40)31-44(59)49(62)56-48)33-52-32-35-21-23-37(24-22-35)54-47(61)20-10-7-13-28-53-46(60)27-30-57-29-14-17-38(34-57)64-50(63)55-42-19-12-11-18-39(42)36-15-8-6-9-16-36/h6,8-9,11-12,15-16,18-19,21-26,38,45,52,58H,7,10,13-14,17,20,27-34H2,1-5H3,(H,53,60)(H,54,61)(H,55,63)(H,56,62)/t38?,45-/m0/s1. The topological polar surface area (TPSA) is 187 Å². The lowest BCUT2D eigenvalue weighted by Gasteiger charge is -2.40. The van der Waals surface area contributed by atoms with Crippen LogP contribution in [0.25, 0.3) is 11.1 Å². The van der Waals surface area contributed by atoms with Crippen LogP contribution in [0.1, 0.15) is 88.5 Å². The van der Waals surface area contributed by atoms with Gasteiger partial charge in [-0.15, -0.1) is 0 Å². The number of fused-ring (bicyclic) bond motifs is 1. The molecule has 15 heteroatoms. The number of hydrogen-bond donors (Lipinski definition) is 6. The van der Waals surface area contributed by atoms with Gasteiger partial charge in [0.05, 0.1) is 17.5 Å². The second-order valence-corrected chi connectivity index (χ2v) is 23.5. The Morgan fingerprint density at radius 2 is 1.62 bits per heavy atom. The van der Waals surface area contributed by atoms with Gasteiger partial charge in [-0.3, -0.25) is 29.4 Å². The molecule has 4 aromatic carbocycles. The number of hydrogen-bond acceptors (Lipinski definition) is 10. The first-order chi connectivity index (χ1) is 31.6. The highest BCUT2D eigenvalue weighted by Crippen LogP contribution is 2.43. The van der Waals surface area contributed by atoms with Crippen LogP contribution in [0.3, 0.4) is 0 Å². The molecule has 1 saturated heterocycles. The first kappa shape index (κ1) is 49.6. The molecule has 4 amide bonds. The highest BCUT2D eigenvalue weighted by atomic mass is 28.4. The Morgan fingerprint density at radius 3 is 2.38 bits per heavy atom. The van der Waals surface area contributed by atoms with Crippen molar-refractivity contribution < 1.29 is 38.2 Å². The lowest BCUT2D eigenvalue weighted by molar-refractivity contribution is -0.134. The van der Waals surface area contributed by atoms with E-state index in [0.29, 0.717) is 68.9 Å². The number of benzene rings is 4. The molecule has 0 aliphatic carbocycles. The first-order valence-corrected chi connectivity index (χ1v) is 26.0. The van der Waals surface area contributed by atoms with E-state index in [1.54, 1.807) is 6.07 Å². The van der Waals surface area contributed by atoms with Gasteiger partial charge in [0.25, 0.3) is 5.91 Å². The molecule has 0 aromatic heterocycles. The van der Waals surface area contributed by atoms with E-state index >= 15 is 0 Å². The summed E-state index contributed by atoms with van der Waals surface area (Å²) in [7, 11) is -2.29. The van der Waals surface area contributed by atoms with Gasteiger partial charge in [0.1, 0.15) is 11.9 Å². The van der Waals surface area contributed by atoms with Gasteiger partial charge < -0.3 is 35.5 Å². The predicted octanol–water partition coefficient (Wildman–Crippen LogP) is 8.69. The Bertz CT molecular complexity index is 2320. The van der Waals surface area contributed by atoms with Gasteiger partial charge in [-0.25, -0.2) is 4.79 Å². The van der Waals surface area contributed by atoms with Crippen LogP contribution in [0.15, 0.2) is 91.0 Å². The average molecular weight is 919 g/mol. The van der Waals surface area contributed by atoms with Crippen molar-refractivity contribution in [3.05, 3.63) is 108 Å². The van der Waals surface area contributed by atoms with Crippen LogP contribution in [0.4, 0.5) is 21.9 Å². The molecule has 66 heavy (non-hydrogen) atoms. The number of anilines is 3. The summed E-state index contributed by atoms with van der Waals surface area (Å²) in [6.07, 6.45) is 3.39. The molecule has 6 N–H and O–H groups in total. The summed E-state index contributed by atoms with van der Waals surface area (Å²) in [5.74, 6) is -1.47. The molecule has 6 rings (SSSR count). The molecule has 2 atom stereocenters. The van der Waals surface area contributed by atoms with E-state index in [-0.39, 0.29) is 40.8 Å². The van der Waals surface area contributed by atoms with Crippen LogP contribution >= 0.6 is 0 Å². The number of Topliss-reactive ketones (excluding diaryl/α,β-unsaturated/α-hetero) is 1. The van der Waals surface area contributed by atoms with Crippen LogP contribution in [0, 0.1) is 0 Å². The maximum absolute atomic E-state index is 12.9. The summed E-state index contributed by atoms with van der Waals surface area (Å²) in [5, 5.41) is 25.4. The number of ether oxygens (including phenoxy) is 1. The van der Waals surface area contributed by atoms with Crippen molar-refractivity contribution in [2.24, 2.45) is 0 Å². The maximum Gasteiger partial charge on any atom is 0.411 e. The van der Waals surface area contributed by atoms with Crippen molar-refractivity contribution in [2.45, 2.75) is 109 Å². The number of aromatic hydroxyl groups is 1. The van der Waals surface area contributed by atoms with E-state index in [9.17, 15) is 29.1 Å². The number of para-hydroxylation sites is 1. The van der Waals surface area contributed by atoms with E-state index in [2.05, 4.69) is 65.3 Å². The fraction of sp³-hybridized carbons (Fsp3) is 0.431. The first-order valence-electron chi connectivity index (χ1n) is 23.1. The molecule has 0 spiro atoms. The van der Waals surface area contributed by atoms with Crippen LogP contribution in [-0.4, -0.2) is 86.7 Å². The minimum atomic E-state index is -2.29. The molecule has 2 aliphatic rings. The Balaban J connectivity index is 0.856. The van der Waals surface area contributed by atoms with Crippen LogP contribution in [-0.2, 0) is 41.3 Å². The van der Waals surface area contributed by atoms with E-state index in [1.165, 1.54) is 6.07 Å². The molecule has 352 valence electrons. The highest BCUT2D eigenvalue weighted by Gasteiger charge is 2.40. The lowest BCUT2D eigenvalue weighted by Crippen LogP contribution is -2.44. The monoisotopic (exact) mass is 918 g/mol. The zero-order chi connectivity index (χ0) is 47.3. The summed E-state index contributed by atoms with van der Waals surface area (Å²) in [5.41, 5.74) is 5.93. The Hall–Kier alpha value is -5.87. The summed E-state index contributed by atoms with van der Waals surface area (Å²) >= 11 is 0. The second kappa shape index (κ2) is 23.0. The van der Waals surface area contributed by atoms with Crippen molar-refractivity contribution in [2.75, 3.05) is 48.7 Å². The number of likely N-dealkylation sites (tertiary alicyclic amines) is 1. The number of nitrogens with zero attached hydrogens (tertiary/aromatic N) is 1. The molecule has 0 saturated carbocycles. The number of unbranched alkanes of at least 4 members (excludes halogenated alkanes) is 2. The van der Waals surface area contributed by atoms with Gasteiger partial charge in [-0.2, -0.15) is 0 Å². The molecular formula is C51H66N6O8Si. The average Bonchev–Trinajstić information content (AvgIpc) is 3.28. The number of carbonyl (C=O) groups excluding carboxylic acids is 5. The van der Waals surface area contributed by atoms with Crippen molar-refractivity contribution >= 4 is 55.0 Å². The molecule has 0 bridgehead atoms. The molecule has 2 heterocycles. The van der Waals surface area contributed by atoms with Gasteiger partial charge in [0, 0.05) is 63.2 Å². The Kier molecular flexibility index (Phi) is 17.3. The van der Waals surface area contributed by atoms with Crippen molar-refractivity contribution in [3.8, 4) is 16.9 Å². The summed E-state index contributed by atoms with van der Waals surface area (Å²) in [6, 6.07) is 28.5. The number of ketones is 1. The molecule has 1 unspecified atom stereocenters. The second-order valence-electron chi connectivity index (χ2n) is 18.7.